The van der Waals surface area contributed by atoms with Crippen molar-refractivity contribution < 1.29 is 52.2 Å². The molecular weight excluding hydrogens is 952 g/mol. The summed E-state index contributed by atoms with van der Waals surface area (Å²) in [5.41, 5.74) is 0. The van der Waals surface area contributed by atoms with Gasteiger partial charge in [0.05, 0.1) is 19.8 Å². The quantitative estimate of drug-likeness (QED) is 0.0197. The van der Waals surface area contributed by atoms with E-state index in [1.165, 1.54) is 38.5 Å². The van der Waals surface area contributed by atoms with E-state index in [1.807, 2.05) is 12.2 Å². The lowest BCUT2D eigenvalue weighted by atomic mass is 10.1. The van der Waals surface area contributed by atoms with Crippen molar-refractivity contribution in [1.82, 2.24) is 0 Å². The summed E-state index contributed by atoms with van der Waals surface area (Å²) in [7, 11) is -4.78. The molecule has 0 aliphatic carbocycles. The zero-order valence-corrected chi connectivity index (χ0v) is 47.2. The molecule has 0 aromatic heterocycles. The first kappa shape index (κ1) is 69.9. The van der Waals surface area contributed by atoms with Gasteiger partial charge in [0.1, 0.15) is 12.7 Å². The molecule has 12 heteroatoms. The van der Waals surface area contributed by atoms with Gasteiger partial charge in [0.2, 0.25) is 0 Å². The molecule has 0 saturated carbocycles. The van der Waals surface area contributed by atoms with Crippen LogP contribution in [-0.4, -0.2) is 66.5 Å². The molecule has 3 atom stereocenters. The number of ether oxygens (including phenoxy) is 3. The molecule has 0 saturated heterocycles. The van der Waals surface area contributed by atoms with Gasteiger partial charge in [0.25, 0.3) is 0 Å². The molecule has 0 aromatic carbocycles. The molecule has 0 radical (unpaired) electrons. The summed E-state index contributed by atoms with van der Waals surface area (Å²) >= 11 is 0. The Balaban J connectivity index is 4.88. The van der Waals surface area contributed by atoms with Crippen molar-refractivity contribution in [2.75, 3.05) is 26.4 Å². The van der Waals surface area contributed by atoms with Crippen molar-refractivity contribution in [1.29, 1.82) is 0 Å². The Kier molecular flexibility index (Phi) is 52.1. The summed E-state index contributed by atoms with van der Waals surface area (Å²) in [5.74, 6) is -1.62. The van der Waals surface area contributed by atoms with Crippen LogP contribution in [0.25, 0.3) is 0 Å². The van der Waals surface area contributed by atoms with E-state index in [4.69, 9.17) is 23.3 Å². The van der Waals surface area contributed by atoms with Crippen molar-refractivity contribution in [3.8, 4) is 0 Å². The fraction of sp³-hybridized carbons (Fsp3) is 0.629. The van der Waals surface area contributed by atoms with Gasteiger partial charge in [-0.1, -0.05) is 200 Å². The highest BCUT2D eigenvalue weighted by atomic mass is 31.2. The van der Waals surface area contributed by atoms with E-state index in [2.05, 4.69) is 130 Å². The number of rotatable bonds is 51. The van der Waals surface area contributed by atoms with Crippen LogP contribution in [-0.2, 0) is 42.2 Å². The van der Waals surface area contributed by atoms with Gasteiger partial charge in [-0.05, 0) is 116 Å². The largest absolute Gasteiger partial charge is 0.472 e. The predicted octanol–water partition coefficient (Wildman–Crippen LogP) is 16.8. The van der Waals surface area contributed by atoms with Gasteiger partial charge in [-0.25, -0.2) is 4.57 Å². The van der Waals surface area contributed by atoms with Crippen molar-refractivity contribution in [2.24, 2.45) is 0 Å². The maximum Gasteiger partial charge on any atom is 0.472 e. The minimum absolute atomic E-state index is 0.0292. The first-order valence-corrected chi connectivity index (χ1v) is 29.9. The highest BCUT2D eigenvalue weighted by Gasteiger charge is 2.28. The van der Waals surface area contributed by atoms with Crippen molar-refractivity contribution in [3.63, 3.8) is 0 Å². The van der Waals surface area contributed by atoms with Crippen LogP contribution in [0.2, 0.25) is 0 Å². The molecule has 2 N–H and O–H groups in total. The Morgan fingerprint density at radius 1 is 0.392 bits per heavy atom. The molecule has 11 nitrogen and oxygen atoms in total. The van der Waals surface area contributed by atoms with Gasteiger partial charge in [0, 0.05) is 19.3 Å². The lowest BCUT2D eigenvalue weighted by molar-refractivity contribution is -0.161. The number of phosphoric acid groups is 1. The fourth-order valence-electron chi connectivity index (χ4n) is 7.10. The number of aliphatic hydroxyl groups excluding tert-OH is 1. The van der Waals surface area contributed by atoms with Crippen LogP contribution in [0, 0.1) is 0 Å². The number of carbonyl (C=O) groups is 3. The summed E-state index contributed by atoms with van der Waals surface area (Å²) in [6.07, 6.45) is 67.5. The molecule has 3 unspecified atom stereocenters. The lowest BCUT2D eigenvalue weighted by Gasteiger charge is -2.21. The first-order valence-electron chi connectivity index (χ1n) is 28.4. The van der Waals surface area contributed by atoms with Gasteiger partial charge < -0.3 is 24.2 Å². The summed E-state index contributed by atoms with van der Waals surface area (Å²) in [6.45, 7) is 4.26. The first-order chi connectivity index (χ1) is 36.2. The second-order valence-electron chi connectivity index (χ2n) is 18.3. The SMILES string of the molecule is CC/C=C\C/C=C\C/C=C\C/C=C\C/C=C\C/C=C\CCC(=O)OC(COC(=O)CCCCC/C=C\C/C=C\C/C=C\CC)COP(=O)(O)OCC(CO)OC(=O)CCCCCCC/C=C\CCCCCCCC. The third-order valence-corrected chi connectivity index (χ3v) is 12.3. The normalized spacial score (nSPS) is 14.3. The molecule has 0 aliphatic rings. The van der Waals surface area contributed by atoms with Crippen molar-refractivity contribution >= 4 is 25.7 Å². The Bertz CT molecular complexity index is 1700. The summed E-state index contributed by atoms with van der Waals surface area (Å²) in [4.78, 5) is 48.5. The third kappa shape index (κ3) is 52.7. The molecule has 74 heavy (non-hydrogen) atoms. The van der Waals surface area contributed by atoms with Crippen LogP contribution in [0.4, 0.5) is 0 Å². The number of allylic oxidation sites excluding steroid dienone is 20. The predicted molar refractivity (Wildman–Crippen MR) is 306 cm³/mol. The van der Waals surface area contributed by atoms with Crippen LogP contribution >= 0.6 is 7.82 Å². The number of hydrogen-bond acceptors (Lipinski definition) is 10. The average Bonchev–Trinajstić information content (AvgIpc) is 3.39. The highest BCUT2D eigenvalue weighted by Crippen LogP contribution is 2.43. The minimum Gasteiger partial charge on any atom is -0.462 e. The van der Waals surface area contributed by atoms with E-state index in [0.29, 0.717) is 25.7 Å². The molecule has 0 aliphatic heterocycles. The second kappa shape index (κ2) is 55.1. The number of unbranched alkanes of at least 4 members (excludes halogenated alkanes) is 14. The Hall–Kier alpha value is -4.12. The van der Waals surface area contributed by atoms with Gasteiger partial charge in [-0.15, -0.1) is 0 Å². The molecule has 0 spiro atoms. The number of hydrogen-bond donors (Lipinski definition) is 2. The van der Waals surface area contributed by atoms with Gasteiger partial charge >= 0.3 is 25.7 Å². The van der Waals surface area contributed by atoms with E-state index in [9.17, 15) is 28.9 Å². The zero-order valence-electron chi connectivity index (χ0n) is 46.3. The van der Waals surface area contributed by atoms with Gasteiger partial charge in [-0.2, -0.15) is 0 Å². The number of aliphatic hydroxyl groups is 1. The monoisotopic (exact) mass is 1050 g/mol. The molecule has 420 valence electrons. The van der Waals surface area contributed by atoms with Crippen LogP contribution in [0.3, 0.4) is 0 Å². The molecule has 0 aromatic rings. The van der Waals surface area contributed by atoms with E-state index in [0.717, 1.165) is 109 Å². The van der Waals surface area contributed by atoms with Gasteiger partial charge in [0.15, 0.2) is 6.10 Å². The standard InChI is InChI=1S/C62H101O11P/c1-4-7-10-13-16-19-22-25-27-28-29-30-32-35-38-41-44-47-50-53-62(66)73-59(55-69-60(64)51-48-45-42-39-36-33-24-21-18-15-12-9-6-3)57-71-74(67,68)70-56-58(54-63)72-61(65)52-49-46-43-40-37-34-31-26-23-20-17-14-11-8-5-2/h7,9-10,12,16,18-19,21,25-27,29-31,33,35-36,38,44,47,58-59,63H,4-6,8,11,13-15,17,20,22-24,28,32,34,37,39-43,45-46,48-57H2,1-3H3,(H,67,68)/b10-7-,12-9-,19-16-,21-18-,27-25-,30-29-,31-26-,36-33-,38-35-,47-44-. The molecule has 0 heterocycles. The second-order valence-corrected chi connectivity index (χ2v) is 19.8. The molecule has 0 rings (SSSR count). The van der Waals surface area contributed by atoms with E-state index in [-0.39, 0.29) is 25.9 Å². The zero-order chi connectivity index (χ0) is 54.1. The summed E-state index contributed by atoms with van der Waals surface area (Å²) < 4.78 is 39.4. The summed E-state index contributed by atoms with van der Waals surface area (Å²) in [6, 6.07) is 0. The fourth-order valence-corrected chi connectivity index (χ4v) is 7.88. The third-order valence-electron chi connectivity index (χ3n) is 11.4. The molecular formula is C62H101O11P. The van der Waals surface area contributed by atoms with Crippen LogP contribution in [0.5, 0.6) is 0 Å². The molecule has 0 bridgehead atoms. The number of carbonyl (C=O) groups excluding carboxylic acids is 3. The minimum atomic E-state index is -4.78. The van der Waals surface area contributed by atoms with E-state index >= 15 is 0 Å². The van der Waals surface area contributed by atoms with Crippen LogP contribution in [0.15, 0.2) is 122 Å². The maximum absolute atomic E-state index is 12.9. The molecule has 0 amide bonds. The topological polar surface area (TPSA) is 155 Å². The van der Waals surface area contributed by atoms with Crippen LogP contribution in [0.1, 0.15) is 213 Å². The van der Waals surface area contributed by atoms with E-state index in [1.54, 1.807) is 0 Å². The average molecular weight is 1050 g/mol. The molecule has 0 fully saturated rings. The lowest BCUT2D eigenvalue weighted by Crippen LogP contribution is -2.30. The van der Waals surface area contributed by atoms with Crippen LogP contribution < -0.4 is 0 Å². The smallest absolute Gasteiger partial charge is 0.462 e. The van der Waals surface area contributed by atoms with Crippen molar-refractivity contribution in [3.05, 3.63) is 122 Å². The van der Waals surface area contributed by atoms with E-state index < -0.39 is 57.8 Å². The Morgan fingerprint density at radius 3 is 1.19 bits per heavy atom. The van der Waals surface area contributed by atoms with Gasteiger partial charge in [-0.3, -0.25) is 23.4 Å². The summed E-state index contributed by atoms with van der Waals surface area (Å²) in [5, 5.41) is 9.81. The maximum atomic E-state index is 12.9. The number of esters is 3. The Labute approximate surface area is 449 Å². The Morgan fingerprint density at radius 2 is 0.730 bits per heavy atom. The number of phosphoric ester groups is 1. The van der Waals surface area contributed by atoms with Crippen molar-refractivity contribution in [2.45, 2.75) is 226 Å². The highest BCUT2D eigenvalue weighted by molar-refractivity contribution is 7.47.